The minimum absolute atomic E-state index is 0.0422. The Labute approximate surface area is 118 Å². The van der Waals surface area contributed by atoms with Gasteiger partial charge in [0.15, 0.2) is 0 Å². The van der Waals surface area contributed by atoms with Gasteiger partial charge in [0.05, 0.1) is 18.6 Å². The van der Waals surface area contributed by atoms with Crippen LogP contribution in [0.3, 0.4) is 0 Å². The molecule has 0 spiro atoms. The third-order valence-electron chi connectivity index (χ3n) is 2.57. The van der Waals surface area contributed by atoms with E-state index in [2.05, 4.69) is 9.46 Å². The zero-order valence-electron chi connectivity index (χ0n) is 11.5. The molecule has 1 aromatic rings. The number of anilines is 1. The molecule has 7 heteroatoms. The van der Waals surface area contributed by atoms with Gasteiger partial charge in [0.2, 0.25) is 10.0 Å². The molecule has 0 fully saturated rings. The highest BCUT2D eigenvalue weighted by atomic mass is 32.2. The first-order valence-electron chi connectivity index (χ1n) is 5.93. The number of carbonyl (C=O) groups excluding carboxylic acids is 1. The van der Waals surface area contributed by atoms with Crippen LogP contribution in [0.25, 0.3) is 0 Å². The highest BCUT2D eigenvalue weighted by Crippen LogP contribution is 2.29. The number of thiophene rings is 1. The first-order valence-corrected chi connectivity index (χ1v) is 8.47. The quantitative estimate of drug-likeness (QED) is 0.820. The number of rotatable bonds is 6. The van der Waals surface area contributed by atoms with Crippen molar-refractivity contribution < 1.29 is 17.9 Å². The van der Waals surface area contributed by atoms with Gasteiger partial charge in [-0.05, 0) is 30.2 Å². The van der Waals surface area contributed by atoms with E-state index in [9.17, 15) is 13.2 Å². The molecule has 108 valence electrons. The third kappa shape index (κ3) is 4.50. The normalized spacial score (nSPS) is 11.6. The predicted molar refractivity (Wildman–Crippen MR) is 77.3 cm³/mol. The van der Waals surface area contributed by atoms with Gasteiger partial charge in [-0.2, -0.15) is 0 Å². The summed E-state index contributed by atoms with van der Waals surface area (Å²) >= 11 is 1.17. The Morgan fingerprint density at radius 2 is 2.11 bits per heavy atom. The lowest BCUT2D eigenvalue weighted by molar-refractivity contribution is 0.0607. The molecule has 0 saturated carbocycles. The molecule has 0 saturated heterocycles. The maximum absolute atomic E-state index is 12.0. The molecular weight excluding hydrogens is 286 g/mol. The van der Waals surface area contributed by atoms with Crippen LogP contribution in [0.2, 0.25) is 0 Å². The molecule has 0 aromatic carbocycles. The van der Waals surface area contributed by atoms with Crippen LogP contribution in [0, 0.1) is 12.8 Å². The average molecular weight is 305 g/mol. The van der Waals surface area contributed by atoms with Gasteiger partial charge in [0.1, 0.15) is 4.88 Å². The number of aryl methyl sites for hydroxylation is 1. The second kappa shape index (κ2) is 6.38. The van der Waals surface area contributed by atoms with Crippen molar-refractivity contribution in [2.75, 3.05) is 17.6 Å². The lowest BCUT2D eigenvalue weighted by Crippen LogP contribution is -2.19. The standard InChI is InChI=1S/C12H19NO4S2/c1-8(2)5-6-19(15,16)13-10-9(3)7-18-11(10)12(14)17-4/h7-8,13H,5-6H2,1-4H3. The number of esters is 1. The summed E-state index contributed by atoms with van der Waals surface area (Å²) in [5.41, 5.74) is 1.05. The number of hydrogen-bond acceptors (Lipinski definition) is 5. The van der Waals surface area contributed by atoms with Gasteiger partial charge in [-0.3, -0.25) is 4.72 Å². The molecule has 1 heterocycles. The van der Waals surface area contributed by atoms with Crippen LogP contribution in [0.5, 0.6) is 0 Å². The smallest absolute Gasteiger partial charge is 0.350 e. The summed E-state index contributed by atoms with van der Waals surface area (Å²) in [6.07, 6.45) is 0.575. The maximum Gasteiger partial charge on any atom is 0.350 e. The van der Waals surface area contributed by atoms with Gasteiger partial charge in [-0.25, -0.2) is 13.2 Å². The van der Waals surface area contributed by atoms with Crippen molar-refractivity contribution >= 4 is 33.0 Å². The minimum atomic E-state index is -3.44. The Bertz CT molecular complexity index is 546. The van der Waals surface area contributed by atoms with Crippen molar-refractivity contribution in [3.63, 3.8) is 0 Å². The highest BCUT2D eigenvalue weighted by molar-refractivity contribution is 7.92. The summed E-state index contributed by atoms with van der Waals surface area (Å²) in [6.45, 7) is 5.68. The van der Waals surface area contributed by atoms with Crippen LogP contribution in [-0.2, 0) is 14.8 Å². The SMILES string of the molecule is COC(=O)c1scc(C)c1NS(=O)(=O)CCC(C)C. The molecule has 0 bridgehead atoms. The molecule has 5 nitrogen and oxygen atoms in total. The summed E-state index contributed by atoms with van der Waals surface area (Å²) < 4.78 is 31.0. The van der Waals surface area contributed by atoms with Crippen LogP contribution in [0.15, 0.2) is 5.38 Å². The molecule has 1 aromatic heterocycles. The van der Waals surface area contributed by atoms with Crippen molar-refractivity contribution in [1.82, 2.24) is 0 Å². The number of sulfonamides is 1. The molecular formula is C12H19NO4S2. The maximum atomic E-state index is 12.0. The Kier molecular flexibility index (Phi) is 5.37. The fraction of sp³-hybridized carbons (Fsp3) is 0.583. The Balaban J connectivity index is 2.93. The van der Waals surface area contributed by atoms with Crippen molar-refractivity contribution in [3.8, 4) is 0 Å². The van der Waals surface area contributed by atoms with Gasteiger partial charge < -0.3 is 4.74 Å². The number of methoxy groups -OCH3 is 1. The molecule has 0 aliphatic carbocycles. The van der Waals surface area contributed by atoms with Crippen LogP contribution < -0.4 is 4.72 Å². The predicted octanol–water partition coefficient (Wildman–Crippen LogP) is 2.63. The van der Waals surface area contributed by atoms with E-state index in [1.54, 1.807) is 12.3 Å². The average Bonchev–Trinajstić information content (AvgIpc) is 2.67. The summed E-state index contributed by atoms with van der Waals surface area (Å²) in [7, 11) is -2.17. The van der Waals surface area contributed by atoms with Gasteiger partial charge in [-0.15, -0.1) is 11.3 Å². The van der Waals surface area contributed by atoms with E-state index in [0.717, 1.165) is 5.56 Å². The van der Waals surface area contributed by atoms with Gasteiger partial charge in [-0.1, -0.05) is 13.8 Å². The lowest BCUT2D eigenvalue weighted by atomic mass is 10.2. The van der Waals surface area contributed by atoms with Gasteiger partial charge >= 0.3 is 5.97 Å². The number of ether oxygens (including phenoxy) is 1. The first kappa shape index (κ1) is 16.0. The van der Waals surface area contributed by atoms with E-state index >= 15 is 0 Å². The molecule has 0 atom stereocenters. The van der Waals surface area contributed by atoms with Gasteiger partial charge in [0.25, 0.3) is 0 Å². The molecule has 0 amide bonds. The second-order valence-electron chi connectivity index (χ2n) is 4.72. The van der Waals surface area contributed by atoms with E-state index < -0.39 is 16.0 Å². The van der Waals surface area contributed by atoms with Crippen LogP contribution in [0.1, 0.15) is 35.5 Å². The molecule has 1 rings (SSSR count). The van der Waals surface area contributed by atoms with Crippen molar-refractivity contribution in [1.29, 1.82) is 0 Å². The van der Waals surface area contributed by atoms with E-state index in [4.69, 9.17) is 0 Å². The van der Waals surface area contributed by atoms with E-state index in [1.165, 1.54) is 18.4 Å². The lowest BCUT2D eigenvalue weighted by Gasteiger charge is -2.10. The highest BCUT2D eigenvalue weighted by Gasteiger charge is 2.21. The largest absolute Gasteiger partial charge is 0.465 e. The monoisotopic (exact) mass is 305 g/mol. The zero-order chi connectivity index (χ0) is 14.6. The number of carbonyl (C=O) groups is 1. The van der Waals surface area contributed by atoms with E-state index in [0.29, 0.717) is 18.0 Å². The number of hydrogen-bond donors (Lipinski definition) is 1. The Morgan fingerprint density at radius 3 is 2.63 bits per heavy atom. The van der Waals surface area contributed by atoms with Crippen LogP contribution >= 0.6 is 11.3 Å². The zero-order valence-corrected chi connectivity index (χ0v) is 13.2. The summed E-state index contributed by atoms with van der Waals surface area (Å²) in [5.74, 6) is -0.180. The third-order valence-corrected chi connectivity index (χ3v) is 4.93. The number of nitrogens with one attached hydrogen (secondary N) is 1. The van der Waals surface area contributed by atoms with Crippen molar-refractivity contribution in [2.45, 2.75) is 27.2 Å². The summed E-state index contributed by atoms with van der Waals surface area (Å²) in [6, 6.07) is 0. The summed E-state index contributed by atoms with van der Waals surface area (Å²) in [5, 5.41) is 1.73. The first-order chi connectivity index (χ1) is 8.76. The molecule has 0 radical (unpaired) electrons. The fourth-order valence-corrected chi connectivity index (χ4v) is 3.86. The second-order valence-corrected chi connectivity index (χ2v) is 7.44. The van der Waals surface area contributed by atoms with Crippen LogP contribution in [-0.4, -0.2) is 27.2 Å². The van der Waals surface area contributed by atoms with E-state index in [-0.39, 0.29) is 10.6 Å². The van der Waals surface area contributed by atoms with E-state index in [1.807, 2.05) is 13.8 Å². The minimum Gasteiger partial charge on any atom is -0.465 e. The van der Waals surface area contributed by atoms with Gasteiger partial charge in [0, 0.05) is 0 Å². The Morgan fingerprint density at radius 1 is 1.47 bits per heavy atom. The molecule has 1 N–H and O–H groups in total. The van der Waals surface area contributed by atoms with Crippen LogP contribution in [0.4, 0.5) is 5.69 Å². The molecule has 0 unspecified atom stereocenters. The molecule has 0 aliphatic rings. The molecule has 19 heavy (non-hydrogen) atoms. The van der Waals surface area contributed by atoms with Crippen molar-refractivity contribution in [2.24, 2.45) is 5.92 Å². The molecule has 0 aliphatic heterocycles. The van der Waals surface area contributed by atoms with Crippen molar-refractivity contribution in [3.05, 3.63) is 15.8 Å². The fourth-order valence-electron chi connectivity index (χ4n) is 1.41. The topological polar surface area (TPSA) is 72.5 Å². The summed E-state index contributed by atoms with van der Waals surface area (Å²) in [4.78, 5) is 11.8. The Hall–Kier alpha value is -1.08.